The van der Waals surface area contributed by atoms with E-state index >= 15 is 0 Å². The van der Waals surface area contributed by atoms with Crippen molar-refractivity contribution in [1.29, 1.82) is 0 Å². The highest BCUT2D eigenvalue weighted by Gasteiger charge is 2.35. The van der Waals surface area contributed by atoms with Gasteiger partial charge in [-0.2, -0.15) is 0 Å². The Kier molecular flexibility index (Phi) is 5.04. The predicted molar refractivity (Wildman–Crippen MR) is 107 cm³/mol. The number of halogens is 1. The molecule has 0 bridgehead atoms. The maximum absolute atomic E-state index is 13.4. The maximum Gasteiger partial charge on any atom is 0.225 e. The minimum Gasteiger partial charge on any atom is -0.349 e. The van der Waals surface area contributed by atoms with Gasteiger partial charge in [0.05, 0.1) is 18.2 Å². The smallest absolute Gasteiger partial charge is 0.225 e. The van der Waals surface area contributed by atoms with E-state index in [1.165, 1.54) is 25.0 Å². The third-order valence-electron chi connectivity index (χ3n) is 5.64. The van der Waals surface area contributed by atoms with Crippen LogP contribution in [0.2, 0.25) is 0 Å². The average Bonchev–Trinajstić information content (AvgIpc) is 3.14. The molecule has 4 rings (SSSR count). The van der Waals surface area contributed by atoms with Crippen LogP contribution < -0.4 is 10.2 Å². The number of fused-ring (bicyclic) bond motifs is 1. The second-order valence-corrected chi connectivity index (χ2v) is 8.74. The number of rotatable bonds is 4. The highest BCUT2D eigenvalue weighted by Crippen LogP contribution is 2.40. The molecule has 28 heavy (non-hydrogen) atoms. The first-order chi connectivity index (χ1) is 13.4. The van der Waals surface area contributed by atoms with E-state index in [1.807, 2.05) is 6.20 Å². The first kappa shape index (κ1) is 18.8. The van der Waals surface area contributed by atoms with Crippen LogP contribution in [-0.4, -0.2) is 29.0 Å². The summed E-state index contributed by atoms with van der Waals surface area (Å²) in [7, 11) is 0. The van der Waals surface area contributed by atoms with Crippen LogP contribution in [0.15, 0.2) is 30.5 Å². The lowest BCUT2D eigenvalue weighted by Crippen LogP contribution is -2.38. The third-order valence-corrected chi connectivity index (χ3v) is 5.64. The minimum absolute atomic E-state index is 0.0421. The molecule has 1 N–H and O–H groups in total. The van der Waals surface area contributed by atoms with Crippen LogP contribution >= 0.6 is 0 Å². The van der Waals surface area contributed by atoms with Crippen molar-refractivity contribution in [2.24, 2.45) is 5.41 Å². The number of carbonyl (C=O) groups excluding carboxylic acids is 1. The average molecular weight is 382 g/mol. The van der Waals surface area contributed by atoms with E-state index in [4.69, 9.17) is 4.98 Å². The summed E-state index contributed by atoms with van der Waals surface area (Å²) in [6, 6.07) is 6.07. The Balaban J connectivity index is 1.53. The van der Waals surface area contributed by atoms with E-state index < -0.39 is 0 Å². The molecule has 0 radical (unpaired) electrons. The molecule has 1 aromatic heterocycles. The molecule has 1 saturated heterocycles. The van der Waals surface area contributed by atoms with Crippen LogP contribution in [0, 0.1) is 11.2 Å². The molecule has 1 aromatic carbocycles. The van der Waals surface area contributed by atoms with Gasteiger partial charge in [-0.05, 0) is 48.8 Å². The predicted octanol–water partition coefficient (Wildman–Crippen LogP) is 3.59. The van der Waals surface area contributed by atoms with Gasteiger partial charge in [0, 0.05) is 24.8 Å². The van der Waals surface area contributed by atoms with E-state index in [9.17, 15) is 9.18 Å². The molecule has 5 nitrogen and oxygen atoms in total. The number of anilines is 1. The molecule has 2 aliphatic rings. The molecular weight excluding hydrogens is 355 g/mol. The fourth-order valence-electron chi connectivity index (χ4n) is 4.31. The molecule has 2 heterocycles. The van der Waals surface area contributed by atoms with Crippen LogP contribution in [0.3, 0.4) is 0 Å². The molecule has 1 unspecified atom stereocenters. The number of nitrogens with zero attached hydrogens (tertiary/aromatic N) is 3. The highest BCUT2D eigenvalue weighted by atomic mass is 19.1. The lowest BCUT2D eigenvalue weighted by Gasteiger charge is -2.36. The van der Waals surface area contributed by atoms with Crippen molar-refractivity contribution in [3.05, 3.63) is 53.1 Å². The van der Waals surface area contributed by atoms with E-state index in [1.54, 1.807) is 12.1 Å². The second-order valence-electron chi connectivity index (χ2n) is 8.74. The van der Waals surface area contributed by atoms with Crippen LogP contribution in [-0.2, 0) is 17.6 Å². The van der Waals surface area contributed by atoms with E-state index in [-0.39, 0.29) is 29.6 Å². The molecule has 1 amide bonds. The van der Waals surface area contributed by atoms with Gasteiger partial charge in [-0.15, -0.1) is 0 Å². The van der Waals surface area contributed by atoms with Crippen molar-refractivity contribution in [3.63, 3.8) is 0 Å². The van der Waals surface area contributed by atoms with Crippen molar-refractivity contribution >= 4 is 11.9 Å². The zero-order valence-electron chi connectivity index (χ0n) is 16.5. The molecule has 1 aliphatic carbocycles. The fraction of sp³-hybridized carbons (Fsp3) is 0.500. The Morgan fingerprint density at radius 2 is 2.11 bits per heavy atom. The van der Waals surface area contributed by atoms with Gasteiger partial charge in [0.25, 0.3) is 0 Å². The Morgan fingerprint density at radius 1 is 1.32 bits per heavy atom. The second kappa shape index (κ2) is 7.49. The summed E-state index contributed by atoms with van der Waals surface area (Å²) < 4.78 is 13.4. The monoisotopic (exact) mass is 382 g/mol. The summed E-state index contributed by atoms with van der Waals surface area (Å²) >= 11 is 0. The van der Waals surface area contributed by atoms with Gasteiger partial charge < -0.3 is 10.2 Å². The third kappa shape index (κ3) is 4.16. The minimum atomic E-state index is -0.322. The Bertz CT molecular complexity index is 877. The molecule has 0 spiro atoms. The summed E-state index contributed by atoms with van der Waals surface area (Å²) in [5.74, 6) is 0.374. The molecule has 148 valence electrons. The molecule has 1 aliphatic heterocycles. The normalized spacial score (nSPS) is 20.7. The van der Waals surface area contributed by atoms with Gasteiger partial charge in [-0.3, -0.25) is 4.79 Å². The SMILES string of the molecule is CC1(C)Cc2nc(N3CCCC3)ncc2C(NC(=O)Cc2cccc(F)c2)C1. The topological polar surface area (TPSA) is 58.1 Å². The molecule has 2 aromatic rings. The number of amides is 1. The van der Waals surface area contributed by atoms with Gasteiger partial charge in [0.2, 0.25) is 11.9 Å². The van der Waals surface area contributed by atoms with E-state index in [2.05, 4.69) is 29.0 Å². The van der Waals surface area contributed by atoms with Crippen LogP contribution in [0.1, 0.15) is 56.0 Å². The van der Waals surface area contributed by atoms with Gasteiger partial charge >= 0.3 is 0 Å². The lowest BCUT2D eigenvalue weighted by atomic mass is 9.74. The maximum atomic E-state index is 13.4. The standard InChI is InChI=1S/C22H27FN4O/c1-22(2)12-18(25-20(28)11-15-6-5-7-16(23)10-15)17-14-24-21(26-19(17)13-22)27-8-3-4-9-27/h5-7,10,14,18H,3-4,8-9,11-13H2,1-2H3,(H,25,28). The fourth-order valence-corrected chi connectivity index (χ4v) is 4.31. The van der Waals surface area contributed by atoms with Crippen LogP contribution in [0.5, 0.6) is 0 Å². The van der Waals surface area contributed by atoms with Crippen molar-refractivity contribution in [1.82, 2.24) is 15.3 Å². The first-order valence-electron chi connectivity index (χ1n) is 10.0. The number of nitrogens with one attached hydrogen (secondary N) is 1. The number of aromatic nitrogens is 2. The summed E-state index contributed by atoms with van der Waals surface area (Å²) in [5, 5.41) is 3.13. The van der Waals surface area contributed by atoms with Crippen LogP contribution in [0.4, 0.5) is 10.3 Å². The van der Waals surface area contributed by atoms with Gasteiger partial charge in [-0.1, -0.05) is 26.0 Å². The van der Waals surface area contributed by atoms with Gasteiger partial charge in [0.1, 0.15) is 5.82 Å². The molecule has 1 fully saturated rings. The molecular formula is C22H27FN4O. The van der Waals surface area contributed by atoms with Gasteiger partial charge in [0.15, 0.2) is 0 Å². The molecule has 1 atom stereocenters. The number of benzene rings is 1. The number of hydrogen-bond acceptors (Lipinski definition) is 4. The Labute approximate surface area is 165 Å². The van der Waals surface area contributed by atoms with E-state index in [0.717, 1.165) is 43.1 Å². The summed E-state index contributed by atoms with van der Waals surface area (Å²) in [6.45, 7) is 6.44. The van der Waals surface area contributed by atoms with Crippen molar-refractivity contribution < 1.29 is 9.18 Å². The summed E-state index contributed by atoms with van der Waals surface area (Å²) in [4.78, 5) is 24.3. The Morgan fingerprint density at radius 3 is 2.86 bits per heavy atom. The van der Waals surface area contributed by atoms with Crippen LogP contribution in [0.25, 0.3) is 0 Å². The first-order valence-corrected chi connectivity index (χ1v) is 10.0. The largest absolute Gasteiger partial charge is 0.349 e. The molecule has 0 saturated carbocycles. The van der Waals surface area contributed by atoms with Crippen molar-refractivity contribution in [2.75, 3.05) is 18.0 Å². The van der Waals surface area contributed by atoms with Gasteiger partial charge in [-0.25, -0.2) is 14.4 Å². The molecule has 6 heteroatoms. The zero-order valence-corrected chi connectivity index (χ0v) is 16.5. The summed E-state index contributed by atoms with van der Waals surface area (Å²) in [5.41, 5.74) is 2.76. The van der Waals surface area contributed by atoms with E-state index in [0.29, 0.717) is 5.56 Å². The summed E-state index contributed by atoms with van der Waals surface area (Å²) in [6.07, 6.45) is 6.13. The zero-order chi connectivity index (χ0) is 19.7. The Hall–Kier alpha value is -2.50. The number of hydrogen-bond donors (Lipinski definition) is 1. The van der Waals surface area contributed by atoms with Crippen molar-refractivity contribution in [3.8, 4) is 0 Å². The lowest BCUT2D eigenvalue weighted by molar-refractivity contribution is -0.121. The highest BCUT2D eigenvalue weighted by molar-refractivity contribution is 5.79. The number of carbonyl (C=O) groups is 1. The van der Waals surface area contributed by atoms with Crippen molar-refractivity contribution in [2.45, 2.75) is 52.0 Å². The quantitative estimate of drug-likeness (QED) is 0.878.